The van der Waals surface area contributed by atoms with Gasteiger partial charge in [-0.15, -0.1) is 0 Å². The molecular formula is C16H12ClIO. The summed E-state index contributed by atoms with van der Waals surface area (Å²) in [7, 11) is 0. The molecule has 19 heavy (non-hydrogen) atoms. The van der Waals surface area contributed by atoms with Crippen LogP contribution in [0.5, 0.6) is 0 Å². The molecule has 1 aliphatic rings. The SMILES string of the molecule is O=C(CC1Cc2ccccc21)c1cc(Cl)ccc1I. The van der Waals surface area contributed by atoms with Gasteiger partial charge in [0.05, 0.1) is 0 Å². The van der Waals surface area contributed by atoms with Crippen molar-refractivity contribution in [2.45, 2.75) is 18.8 Å². The first kappa shape index (κ1) is 13.1. The van der Waals surface area contributed by atoms with Gasteiger partial charge >= 0.3 is 0 Å². The second kappa shape index (κ2) is 5.25. The molecule has 0 aliphatic heterocycles. The van der Waals surface area contributed by atoms with Crippen molar-refractivity contribution in [1.29, 1.82) is 0 Å². The molecule has 0 heterocycles. The summed E-state index contributed by atoms with van der Waals surface area (Å²) in [5.74, 6) is 0.560. The van der Waals surface area contributed by atoms with Crippen molar-refractivity contribution in [1.82, 2.24) is 0 Å². The fourth-order valence-corrected chi connectivity index (χ4v) is 3.40. The molecule has 0 amide bonds. The van der Waals surface area contributed by atoms with Crippen LogP contribution in [-0.2, 0) is 6.42 Å². The Hall–Kier alpha value is -0.870. The molecule has 0 saturated heterocycles. The normalized spacial score (nSPS) is 16.6. The fourth-order valence-electron chi connectivity index (χ4n) is 2.59. The Morgan fingerprint density at radius 2 is 2.05 bits per heavy atom. The summed E-state index contributed by atoms with van der Waals surface area (Å²) in [6, 6.07) is 13.8. The highest BCUT2D eigenvalue weighted by atomic mass is 127. The molecule has 3 rings (SSSR count). The fraction of sp³-hybridized carbons (Fsp3) is 0.188. The van der Waals surface area contributed by atoms with Crippen LogP contribution in [-0.4, -0.2) is 5.78 Å². The van der Waals surface area contributed by atoms with Crippen LogP contribution in [0, 0.1) is 3.57 Å². The highest BCUT2D eigenvalue weighted by molar-refractivity contribution is 14.1. The van der Waals surface area contributed by atoms with Crippen molar-refractivity contribution in [2.24, 2.45) is 0 Å². The minimum atomic E-state index is 0.186. The Morgan fingerprint density at radius 1 is 1.26 bits per heavy atom. The van der Waals surface area contributed by atoms with E-state index in [1.165, 1.54) is 11.1 Å². The van der Waals surface area contributed by atoms with E-state index in [-0.39, 0.29) is 5.78 Å². The molecule has 0 radical (unpaired) electrons. The Kier molecular flexibility index (Phi) is 3.63. The number of hydrogen-bond acceptors (Lipinski definition) is 1. The highest BCUT2D eigenvalue weighted by Crippen LogP contribution is 2.38. The van der Waals surface area contributed by atoms with Gasteiger partial charge in [-0.3, -0.25) is 4.79 Å². The minimum Gasteiger partial charge on any atom is -0.294 e. The third-order valence-electron chi connectivity index (χ3n) is 3.62. The zero-order chi connectivity index (χ0) is 13.4. The lowest BCUT2D eigenvalue weighted by Crippen LogP contribution is -2.20. The van der Waals surface area contributed by atoms with E-state index in [1.54, 1.807) is 6.07 Å². The van der Waals surface area contributed by atoms with Gasteiger partial charge in [0.25, 0.3) is 0 Å². The molecule has 96 valence electrons. The summed E-state index contributed by atoms with van der Waals surface area (Å²) in [4.78, 5) is 12.4. The number of hydrogen-bond donors (Lipinski definition) is 0. The smallest absolute Gasteiger partial charge is 0.164 e. The molecule has 0 aromatic heterocycles. The lowest BCUT2D eigenvalue weighted by molar-refractivity contribution is 0.0969. The van der Waals surface area contributed by atoms with Crippen molar-refractivity contribution in [2.75, 3.05) is 0 Å². The molecule has 0 bridgehead atoms. The number of benzene rings is 2. The van der Waals surface area contributed by atoms with Gasteiger partial charge in [-0.1, -0.05) is 35.9 Å². The Labute approximate surface area is 131 Å². The predicted molar refractivity (Wildman–Crippen MR) is 86.0 cm³/mol. The van der Waals surface area contributed by atoms with Crippen LogP contribution in [0.3, 0.4) is 0 Å². The van der Waals surface area contributed by atoms with Crippen LogP contribution in [0.2, 0.25) is 5.02 Å². The van der Waals surface area contributed by atoms with Crippen molar-refractivity contribution >= 4 is 40.0 Å². The zero-order valence-electron chi connectivity index (χ0n) is 10.2. The van der Waals surface area contributed by atoms with Crippen molar-refractivity contribution in [3.05, 3.63) is 67.7 Å². The molecule has 0 saturated carbocycles. The van der Waals surface area contributed by atoms with Crippen molar-refractivity contribution in [3.8, 4) is 0 Å². The summed E-state index contributed by atoms with van der Waals surface area (Å²) >= 11 is 8.16. The molecule has 1 nitrogen and oxygen atoms in total. The standard InChI is InChI=1S/C16H12ClIO/c17-12-5-6-15(18)14(9-12)16(19)8-11-7-10-3-1-2-4-13(10)11/h1-6,9,11H,7-8H2. The molecule has 1 aliphatic carbocycles. The van der Waals surface area contributed by atoms with Gasteiger partial charge in [-0.25, -0.2) is 0 Å². The first-order valence-electron chi connectivity index (χ1n) is 6.21. The summed E-state index contributed by atoms with van der Waals surface area (Å²) in [5.41, 5.74) is 3.45. The maximum absolute atomic E-state index is 12.4. The largest absolute Gasteiger partial charge is 0.294 e. The molecule has 3 heteroatoms. The minimum absolute atomic E-state index is 0.186. The zero-order valence-corrected chi connectivity index (χ0v) is 13.1. The van der Waals surface area contributed by atoms with Crippen LogP contribution in [0.4, 0.5) is 0 Å². The van der Waals surface area contributed by atoms with E-state index in [2.05, 4.69) is 40.8 Å². The van der Waals surface area contributed by atoms with E-state index in [9.17, 15) is 4.79 Å². The highest BCUT2D eigenvalue weighted by Gasteiger charge is 2.28. The van der Waals surface area contributed by atoms with Crippen LogP contribution in [0.25, 0.3) is 0 Å². The van der Waals surface area contributed by atoms with E-state index in [0.29, 0.717) is 17.4 Å². The van der Waals surface area contributed by atoms with E-state index < -0.39 is 0 Å². The average Bonchev–Trinajstić information content (AvgIpc) is 2.38. The first-order valence-corrected chi connectivity index (χ1v) is 7.67. The average molecular weight is 383 g/mol. The summed E-state index contributed by atoms with van der Waals surface area (Å²) in [6.07, 6.45) is 1.59. The third-order valence-corrected chi connectivity index (χ3v) is 4.80. The van der Waals surface area contributed by atoms with Crippen molar-refractivity contribution in [3.63, 3.8) is 0 Å². The lowest BCUT2D eigenvalue weighted by Gasteiger charge is -2.29. The molecule has 1 atom stereocenters. The van der Waals surface area contributed by atoms with Gasteiger partial charge in [0, 0.05) is 20.6 Å². The number of halogens is 2. The summed E-state index contributed by atoms with van der Waals surface area (Å²) < 4.78 is 0.972. The predicted octanol–water partition coefficient (Wildman–Crippen LogP) is 4.86. The van der Waals surface area contributed by atoms with Crippen molar-refractivity contribution < 1.29 is 4.79 Å². The Morgan fingerprint density at radius 3 is 2.84 bits per heavy atom. The summed E-state index contributed by atoms with van der Waals surface area (Å²) in [5, 5.41) is 0.623. The maximum atomic E-state index is 12.4. The summed E-state index contributed by atoms with van der Waals surface area (Å²) in [6.45, 7) is 0. The van der Waals surface area contributed by atoms with E-state index in [0.717, 1.165) is 15.6 Å². The lowest BCUT2D eigenvalue weighted by atomic mass is 9.74. The molecule has 2 aromatic rings. The van der Waals surface area contributed by atoms with Gasteiger partial charge < -0.3 is 0 Å². The Bertz CT molecular complexity index is 651. The van der Waals surface area contributed by atoms with Gasteiger partial charge in [0.15, 0.2) is 5.78 Å². The number of ketones is 1. The number of rotatable bonds is 3. The van der Waals surface area contributed by atoms with Gasteiger partial charge in [-0.05, 0) is 64.3 Å². The third kappa shape index (κ3) is 2.56. The second-order valence-corrected chi connectivity index (χ2v) is 6.45. The molecule has 2 aromatic carbocycles. The number of carbonyl (C=O) groups is 1. The number of fused-ring (bicyclic) bond motifs is 1. The number of Topliss-reactive ketones (excluding diaryl/α,β-unsaturated/α-hetero) is 1. The monoisotopic (exact) mass is 382 g/mol. The number of carbonyl (C=O) groups excluding carboxylic acids is 1. The van der Waals surface area contributed by atoms with E-state index in [4.69, 9.17) is 11.6 Å². The maximum Gasteiger partial charge on any atom is 0.164 e. The first-order chi connectivity index (χ1) is 9.15. The van der Waals surface area contributed by atoms with Gasteiger partial charge in [0.1, 0.15) is 0 Å². The quantitative estimate of drug-likeness (QED) is 0.547. The molecular weight excluding hydrogens is 371 g/mol. The molecule has 0 fully saturated rings. The van der Waals surface area contributed by atoms with Crippen LogP contribution in [0.1, 0.15) is 33.8 Å². The molecule has 0 spiro atoms. The molecule has 0 N–H and O–H groups in total. The van der Waals surface area contributed by atoms with Crippen LogP contribution < -0.4 is 0 Å². The topological polar surface area (TPSA) is 17.1 Å². The molecule has 1 unspecified atom stereocenters. The Balaban J connectivity index is 1.79. The van der Waals surface area contributed by atoms with E-state index in [1.807, 2.05) is 18.2 Å². The van der Waals surface area contributed by atoms with Crippen LogP contribution >= 0.6 is 34.2 Å². The second-order valence-electron chi connectivity index (χ2n) is 4.85. The van der Waals surface area contributed by atoms with Gasteiger partial charge in [0.2, 0.25) is 0 Å². The van der Waals surface area contributed by atoms with E-state index >= 15 is 0 Å². The van der Waals surface area contributed by atoms with Gasteiger partial charge in [-0.2, -0.15) is 0 Å². The van der Waals surface area contributed by atoms with Crippen LogP contribution in [0.15, 0.2) is 42.5 Å².